The van der Waals surface area contributed by atoms with Gasteiger partial charge in [0.1, 0.15) is 0 Å². The van der Waals surface area contributed by atoms with Crippen molar-refractivity contribution in [3.8, 4) is 0 Å². The van der Waals surface area contributed by atoms with Gasteiger partial charge in [-0.05, 0) is 36.3 Å². The van der Waals surface area contributed by atoms with E-state index in [-0.39, 0.29) is 5.54 Å². The fraction of sp³-hybridized carbons (Fsp3) is 0.625. The van der Waals surface area contributed by atoms with Gasteiger partial charge in [0, 0.05) is 5.54 Å². The third kappa shape index (κ3) is 3.10. The van der Waals surface area contributed by atoms with Crippen molar-refractivity contribution in [2.75, 3.05) is 0 Å². The second-order valence-electron chi connectivity index (χ2n) is 6.02. The summed E-state index contributed by atoms with van der Waals surface area (Å²) in [4.78, 5) is 0. The van der Waals surface area contributed by atoms with Gasteiger partial charge in [0.25, 0.3) is 0 Å². The average molecular weight is 231 g/mol. The molecule has 0 atom stereocenters. The van der Waals surface area contributed by atoms with Gasteiger partial charge in [0.15, 0.2) is 0 Å². The zero-order chi connectivity index (χ0) is 12.3. The Morgan fingerprint density at radius 3 is 2.53 bits per heavy atom. The summed E-state index contributed by atoms with van der Waals surface area (Å²) in [6, 6.07) is 8.96. The molecule has 1 heteroatoms. The monoisotopic (exact) mass is 231 g/mol. The van der Waals surface area contributed by atoms with Gasteiger partial charge in [0.2, 0.25) is 0 Å². The van der Waals surface area contributed by atoms with E-state index in [1.54, 1.807) is 0 Å². The normalized spacial score (nSPS) is 19.5. The molecule has 1 nitrogen and oxygen atoms in total. The molecule has 0 spiro atoms. The molecule has 0 heterocycles. The molecule has 1 saturated carbocycles. The predicted molar refractivity (Wildman–Crippen MR) is 73.9 cm³/mol. The van der Waals surface area contributed by atoms with Crippen molar-refractivity contribution >= 4 is 0 Å². The average Bonchev–Trinajstić information content (AvgIpc) is 2.29. The second-order valence-corrected chi connectivity index (χ2v) is 6.02. The van der Waals surface area contributed by atoms with E-state index < -0.39 is 0 Å². The summed E-state index contributed by atoms with van der Waals surface area (Å²) >= 11 is 0. The van der Waals surface area contributed by atoms with Gasteiger partial charge in [-0.3, -0.25) is 0 Å². The summed E-state index contributed by atoms with van der Waals surface area (Å²) < 4.78 is 0. The van der Waals surface area contributed by atoms with Gasteiger partial charge in [-0.2, -0.15) is 0 Å². The molecule has 0 radical (unpaired) electrons. The number of nitrogens with two attached hydrogens (primary N) is 1. The summed E-state index contributed by atoms with van der Waals surface area (Å²) in [5.41, 5.74) is 9.32. The summed E-state index contributed by atoms with van der Waals surface area (Å²) in [7, 11) is 0. The van der Waals surface area contributed by atoms with E-state index in [0.29, 0.717) is 5.92 Å². The molecule has 1 fully saturated rings. The van der Waals surface area contributed by atoms with Crippen LogP contribution in [0.1, 0.15) is 57.1 Å². The van der Waals surface area contributed by atoms with Crippen LogP contribution in [0.5, 0.6) is 0 Å². The Labute approximate surface area is 105 Å². The highest BCUT2D eigenvalue weighted by Crippen LogP contribution is 2.35. The van der Waals surface area contributed by atoms with Gasteiger partial charge in [-0.15, -0.1) is 0 Å². The first-order valence-corrected chi connectivity index (χ1v) is 6.98. The quantitative estimate of drug-likeness (QED) is 0.836. The Bertz CT molecular complexity index is 362. The maximum atomic E-state index is 6.58. The van der Waals surface area contributed by atoms with E-state index >= 15 is 0 Å². The molecule has 1 aliphatic rings. The van der Waals surface area contributed by atoms with E-state index in [1.165, 1.54) is 30.4 Å². The molecular weight excluding hydrogens is 206 g/mol. The maximum Gasteiger partial charge on any atom is 0.0409 e. The fourth-order valence-corrected chi connectivity index (χ4v) is 2.95. The van der Waals surface area contributed by atoms with Crippen LogP contribution in [0.4, 0.5) is 0 Å². The first-order chi connectivity index (χ1) is 8.10. The van der Waals surface area contributed by atoms with Gasteiger partial charge >= 0.3 is 0 Å². The topological polar surface area (TPSA) is 26.0 Å². The van der Waals surface area contributed by atoms with Gasteiger partial charge in [0.05, 0.1) is 0 Å². The van der Waals surface area contributed by atoms with Crippen molar-refractivity contribution in [2.24, 2.45) is 11.7 Å². The lowest BCUT2D eigenvalue weighted by atomic mass is 9.77. The van der Waals surface area contributed by atoms with Crippen molar-refractivity contribution in [3.05, 3.63) is 35.4 Å². The third-order valence-electron chi connectivity index (χ3n) is 3.89. The zero-order valence-electron chi connectivity index (χ0n) is 11.2. The SMILES string of the molecule is CC(C)Cc1cccc(C2(N)CCCCC2)c1. The van der Waals surface area contributed by atoms with Crippen LogP contribution in [0.25, 0.3) is 0 Å². The Morgan fingerprint density at radius 2 is 1.88 bits per heavy atom. The van der Waals surface area contributed by atoms with Crippen LogP contribution in [0, 0.1) is 5.92 Å². The minimum Gasteiger partial charge on any atom is -0.321 e. The van der Waals surface area contributed by atoms with Crippen molar-refractivity contribution in [1.29, 1.82) is 0 Å². The van der Waals surface area contributed by atoms with E-state index in [1.807, 2.05) is 0 Å². The molecule has 2 N–H and O–H groups in total. The second kappa shape index (κ2) is 5.22. The summed E-state index contributed by atoms with van der Waals surface area (Å²) in [5, 5.41) is 0. The zero-order valence-corrected chi connectivity index (χ0v) is 11.2. The minimum absolute atomic E-state index is 0.0504. The van der Waals surface area contributed by atoms with E-state index in [2.05, 4.69) is 38.1 Å². The molecule has 0 aliphatic heterocycles. The van der Waals surface area contributed by atoms with Crippen LogP contribution < -0.4 is 5.73 Å². The van der Waals surface area contributed by atoms with Crippen molar-refractivity contribution in [3.63, 3.8) is 0 Å². The molecular formula is C16H25N. The minimum atomic E-state index is -0.0504. The van der Waals surface area contributed by atoms with Crippen molar-refractivity contribution < 1.29 is 0 Å². The van der Waals surface area contributed by atoms with Crippen LogP contribution in [0.2, 0.25) is 0 Å². The Hall–Kier alpha value is -0.820. The Balaban J connectivity index is 2.19. The lowest BCUT2D eigenvalue weighted by Gasteiger charge is -2.34. The van der Waals surface area contributed by atoms with Crippen molar-refractivity contribution in [1.82, 2.24) is 0 Å². The summed E-state index contributed by atoms with van der Waals surface area (Å²) in [6.07, 6.45) is 7.38. The number of benzene rings is 1. The molecule has 1 aliphatic carbocycles. The molecule has 1 aromatic rings. The van der Waals surface area contributed by atoms with E-state index in [4.69, 9.17) is 5.73 Å². The Kier molecular flexibility index (Phi) is 3.88. The fourth-order valence-electron chi connectivity index (χ4n) is 2.95. The van der Waals surface area contributed by atoms with Crippen LogP contribution in [-0.4, -0.2) is 0 Å². The lowest BCUT2D eigenvalue weighted by Crippen LogP contribution is -2.38. The smallest absolute Gasteiger partial charge is 0.0409 e. The maximum absolute atomic E-state index is 6.58. The van der Waals surface area contributed by atoms with Gasteiger partial charge < -0.3 is 5.73 Å². The highest BCUT2D eigenvalue weighted by Gasteiger charge is 2.29. The van der Waals surface area contributed by atoms with E-state index in [0.717, 1.165) is 19.3 Å². The van der Waals surface area contributed by atoms with Crippen LogP contribution >= 0.6 is 0 Å². The molecule has 0 bridgehead atoms. The molecule has 2 rings (SSSR count). The van der Waals surface area contributed by atoms with Crippen LogP contribution in [0.3, 0.4) is 0 Å². The number of hydrogen-bond acceptors (Lipinski definition) is 1. The molecule has 17 heavy (non-hydrogen) atoms. The largest absolute Gasteiger partial charge is 0.321 e. The highest BCUT2D eigenvalue weighted by atomic mass is 14.7. The predicted octanol–water partition coefficient (Wildman–Crippen LogP) is 4.00. The van der Waals surface area contributed by atoms with Gasteiger partial charge in [-0.1, -0.05) is 57.4 Å². The van der Waals surface area contributed by atoms with Crippen molar-refractivity contribution in [2.45, 2.75) is 57.9 Å². The number of hydrogen-bond donors (Lipinski definition) is 1. The molecule has 0 unspecified atom stereocenters. The van der Waals surface area contributed by atoms with Gasteiger partial charge in [-0.25, -0.2) is 0 Å². The highest BCUT2D eigenvalue weighted by molar-refractivity contribution is 5.30. The summed E-state index contributed by atoms with van der Waals surface area (Å²) in [6.45, 7) is 4.54. The molecule has 1 aromatic carbocycles. The molecule has 0 saturated heterocycles. The summed E-state index contributed by atoms with van der Waals surface area (Å²) in [5.74, 6) is 0.713. The first-order valence-electron chi connectivity index (χ1n) is 6.98. The molecule has 94 valence electrons. The van der Waals surface area contributed by atoms with E-state index in [9.17, 15) is 0 Å². The standard InChI is InChI=1S/C16H25N/c1-13(2)11-14-7-6-8-15(12-14)16(17)9-4-3-5-10-16/h6-8,12-13H,3-5,9-11,17H2,1-2H3. The molecule has 0 amide bonds. The van der Waals surface area contributed by atoms with Crippen LogP contribution in [-0.2, 0) is 12.0 Å². The first kappa shape index (κ1) is 12.6. The third-order valence-corrected chi connectivity index (χ3v) is 3.89. The van der Waals surface area contributed by atoms with Crippen LogP contribution in [0.15, 0.2) is 24.3 Å². The lowest BCUT2D eigenvalue weighted by molar-refractivity contribution is 0.302. The Morgan fingerprint density at radius 1 is 1.18 bits per heavy atom. The number of rotatable bonds is 3. The molecule has 0 aromatic heterocycles.